The Morgan fingerprint density at radius 1 is 0.472 bits per heavy atom. The van der Waals surface area contributed by atoms with Gasteiger partial charge in [-0.3, -0.25) is 0 Å². The Morgan fingerprint density at radius 2 is 0.972 bits per heavy atom. The first-order valence-corrected chi connectivity index (χ1v) is 12.1. The van der Waals surface area contributed by atoms with Crippen LogP contribution in [0.15, 0.2) is 138 Å². The van der Waals surface area contributed by atoms with E-state index in [0.717, 1.165) is 44.5 Å². The van der Waals surface area contributed by atoms with Gasteiger partial charge >= 0.3 is 0 Å². The molecule has 3 nitrogen and oxygen atoms in total. The summed E-state index contributed by atoms with van der Waals surface area (Å²) in [6, 6.07) is 45.9. The fraction of sp³-hybridized carbons (Fsp3) is 0. The van der Waals surface area contributed by atoms with Crippen molar-refractivity contribution in [3.63, 3.8) is 0 Å². The smallest absolute Gasteiger partial charge is 0.229 e. The molecule has 7 aromatic rings. The van der Waals surface area contributed by atoms with Crippen LogP contribution in [0, 0.1) is 0 Å². The molecule has 0 fully saturated rings. The summed E-state index contributed by atoms with van der Waals surface area (Å²) in [6.45, 7) is 0. The quantitative estimate of drug-likeness (QED) is 0.244. The second kappa shape index (κ2) is 8.40. The molecule has 0 amide bonds. The van der Waals surface area contributed by atoms with Crippen molar-refractivity contribution in [1.29, 1.82) is 0 Å². The molecule has 0 saturated carbocycles. The molecule has 0 aliphatic carbocycles. The van der Waals surface area contributed by atoms with E-state index in [9.17, 15) is 0 Å². The highest BCUT2D eigenvalue weighted by Gasteiger charge is 2.21. The number of hydrogen-bond acceptors (Lipinski definition) is 3. The van der Waals surface area contributed by atoms with Crippen molar-refractivity contribution in [3.05, 3.63) is 133 Å². The van der Waals surface area contributed by atoms with Gasteiger partial charge in [0.25, 0.3) is 0 Å². The van der Waals surface area contributed by atoms with Gasteiger partial charge < -0.3 is 9.32 Å². The Hall–Kier alpha value is -4.89. The first-order chi connectivity index (χ1) is 17.9. The van der Waals surface area contributed by atoms with Gasteiger partial charge in [0.05, 0.1) is 11.3 Å². The molecule has 0 bridgehead atoms. The van der Waals surface area contributed by atoms with Gasteiger partial charge in [-0.05, 0) is 47.2 Å². The maximum atomic E-state index is 6.60. The summed E-state index contributed by atoms with van der Waals surface area (Å²) in [5.74, 6) is 0.610. The van der Waals surface area contributed by atoms with Gasteiger partial charge in [-0.25, -0.2) is 4.98 Å². The molecule has 0 unspecified atom stereocenters. The van der Waals surface area contributed by atoms with Gasteiger partial charge in [0.15, 0.2) is 5.58 Å². The number of para-hydroxylation sites is 3. The summed E-state index contributed by atoms with van der Waals surface area (Å²) in [7, 11) is 0. The van der Waals surface area contributed by atoms with E-state index in [4.69, 9.17) is 9.40 Å². The lowest BCUT2D eigenvalue weighted by Crippen LogP contribution is -2.10. The molecule has 3 heteroatoms. The molecule has 6 aromatic carbocycles. The normalized spacial score (nSPS) is 11.3. The second-order valence-electron chi connectivity index (χ2n) is 8.81. The second-order valence-corrected chi connectivity index (χ2v) is 8.81. The zero-order valence-corrected chi connectivity index (χ0v) is 19.5. The first-order valence-electron chi connectivity index (χ1n) is 12.1. The van der Waals surface area contributed by atoms with Crippen LogP contribution in [0.3, 0.4) is 0 Å². The molecule has 0 N–H and O–H groups in total. The molecule has 1 heterocycles. The van der Waals surface area contributed by atoms with Gasteiger partial charge in [0.2, 0.25) is 5.89 Å². The minimum absolute atomic E-state index is 0.610. The molecule has 36 heavy (non-hydrogen) atoms. The molecular weight excluding hydrogens is 440 g/mol. The van der Waals surface area contributed by atoms with Gasteiger partial charge in [-0.2, -0.15) is 0 Å². The Bertz CT molecular complexity index is 1730. The minimum atomic E-state index is 0.610. The molecule has 1 aromatic heterocycles. The van der Waals surface area contributed by atoms with E-state index in [1.165, 1.54) is 10.8 Å². The molecule has 0 atom stereocenters. The van der Waals surface area contributed by atoms with Gasteiger partial charge in [-0.15, -0.1) is 0 Å². The highest BCUT2D eigenvalue weighted by molar-refractivity contribution is 6.22. The van der Waals surface area contributed by atoms with E-state index < -0.39 is 0 Å². The standard InChI is InChI=1S/C33H22N2O/c1-3-13-23(14-4-1)35(24-15-5-2-6-16-24)30-22-12-11-21-29(30)33-34-31-27-19-9-7-17-25(27)26-18-8-10-20-28(26)32(31)36-33/h1-22H. The molecule has 0 aliphatic heterocycles. The van der Waals surface area contributed by atoms with Crippen molar-refractivity contribution in [2.45, 2.75) is 0 Å². The number of nitrogens with zero attached hydrogens (tertiary/aromatic N) is 2. The van der Waals surface area contributed by atoms with Crippen LogP contribution in [0.4, 0.5) is 17.1 Å². The van der Waals surface area contributed by atoms with Crippen LogP contribution in [0.5, 0.6) is 0 Å². The van der Waals surface area contributed by atoms with Crippen LogP contribution in [0.25, 0.3) is 44.1 Å². The number of aromatic nitrogens is 1. The number of anilines is 3. The van der Waals surface area contributed by atoms with E-state index in [1.807, 2.05) is 18.2 Å². The van der Waals surface area contributed by atoms with Crippen molar-refractivity contribution in [1.82, 2.24) is 4.98 Å². The van der Waals surface area contributed by atoms with Crippen LogP contribution in [0.2, 0.25) is 0 Å². The van der Waals surface area contributed by atoms with E-state index in [2.05, 4.69) is 120 Å². The molecule has 170 valence electrons. The Morgan fingerprint density at radius 3 is 1.64 bits per heavy atom. The fourth-order valence-electron chi connectivity index (χ4n) is 5.07. The maximum Gasteiger partial charge on any atom is 0.229 e. The molecule has 0 aliphatic rings. The molecule has 7 rings (SSSR count). The lowest BCUT2D eigenvalue weighted by molar-refractivity contribution is 0.623. The van der Waals surface area contributed by atoms with Crippen LogP contribution in [-0.2, 0) is 0 Å². The third-order valence-corrected chi connectivity index (χ3v) is 6.68. The van der Waals surface area contributed by atoms with E-state index in [-0.39, 0.29) is 0 Å². The average molecular weight is 463 g/mol. The Labute approximate surface area is 208 Å². The van der Waals surface area contributed by atoms with Crippen molar-refractivity contribution < 1.29 is 4.42 Å². The van der Waals surface area contributed by atoms with E-state index in [1.54, 1.807) is 0 Å². The topological polar surface area (TPSA) is 29.3 Å². The Kier molecular flexibility index (Phi) is 4.78. The third kappa shape index (κ3) is 3.25. The molecule has 0 spiro atoms. The summed E-state index contributed by atoms with van der Waals surface area (Å²) in [6.07, 6.45) is 0. The number of fused-ring (bicyclic) bond motifs is 6. The zero-order chi connectivity index (χ0) is 23.9. The van der Waals surface area contributed by atoms with Crippen LogP contribution >= 0.6 is 0 Å². The van der Waals surface area contributed by atoms with Crippen molar-refractivity contribution in [2.24, 2.45) is 0 Å². The van der Waals surface area contributed by atoms with Gasteiger partial charge in [0, 0.05) is 22.1 Å². The number of rotatable bonds is 4. The summed E-state index contributed by atoms with van der Waals surface area (Å²) < 4.78 is 6.60. The van der Waals surface area contributed by atoms with Crippen LogP contribution in [0.1, 0.15) is 0 Å². The van der Waals surface area contributed by atoms with Crippen LogP contribution < -0.4 is 4.90 Å². The molecule has 0 saturated heterocycles. The maximum absolute atomic E-state index is 6.60. The van der Waals surface area contributed by atoms with Crippen molar-refractivity contribution in [3.8, 4) is 11.5 Å². The van der Waals surface area contributed by atoms with Gasteiger partial charge in [-0.1, -0.05) is 97.1 Å². The fourth-order valence-corrected chi connectivity index (χ4v) is 5.07. The number of hydrogen-bond donors (Lipinski definition) is 0. The first kappa shape index (κ1) is 20.5. The molecule has 0 radical (unpaired) electrons. The molecular formula is C33H22N2O. The van der Waals surface area contributed by atoms with Crippen LogP contribution in [-0.4, -0.2) is 4.98 Å². The highest BCUT2D eigenvalue weighted by atomic mass is 16.3. The third-order valence-electron chi connectivity index (χ3n) is 6.68. The number of benzene rings is 6. The predicted molar refractivity (Wildman–Crippen MR) is 149 cm³/mol. The average Bonchev–Trinajstić information content (AvgIpc) is 3.41. The van der Waals surface area contributed by atoms with Crippen molar-refractivity contribution in [2.75, 3.05) is 4.90 Å². The number of oxazole rings is 1. The summed E-state index contributed by atoms with van der Waals surface area (Å²) in [5.41, 5.74) is 5.80. The van der Waals surface area contributed by atoms with Crippen molar-refractivity contribution >= 4 is 49.7 Å². The van der Waals surface area contributed by atoms with E-state index in [0.29, 0.717) is 5.89 Å². The van der Waals surface area contributed by atoms with Gasteiger partial charge in [0.1, 0.15) is 5.52 Å². The summed E-state index contributed by atoms with van der Waals surface area (Å²) in [5, 5.41) is 4.53. The summed E-state index contributed by atoms with van der Waals surface area (Å²) >= 11 is 0. The van der Waals surface area contributed by atoms with E-state index >= 15 is 0 Å². The minimum Gasteiger partial charge on any atom is -0.435 e. The predicted octanol–water partition coefficient (Wildman–Crippen LogP) is 9.27. The highest BCUT2D eigenvalue weighted by Crippen LogP contribution is 2.42. The lowest BCUT2D eigenvalue weighted by Gasteiger charge is -2.26. The lowest BCUT2D eigenvalue weighted by atomic mass is 10.0. The Balaban J connectivity index is 1.51. The monoisotopic (exact) mass is 462 g/mol. The summed E-state index contributed by atoms with van der Waals surface area (Å²) in [4.78, 5) is 7.35. The zero-order valence-electron chi connectivity index (χ0n) is 19.5. The largest absolute Gasteiger partial charge is 0.435 e. The SMILES string of the molecule is c1ccc(N(c2ccccc2)c2ccccc2-c2nc3c4ccccc4c4ccccc4c3o2)cc1.